The molecule has 0 atom stereocenters. The molecule has 0 radical (unpaired) electrons. The Kier molecular flexibility index (Phi) is 6.09. The van der Waals surface area contributed by atoms with E-state index in [1.807, 2.05) is 48.5 Å². The first-order valence-corrected chi connectivity index (χ1v) is 9.55. The van der Waals surface area contributed by atoms with Crippen molar-refractivity contribution in [1.29, 1.82) is 0 Å². The molecule has 3 aromatic rings. The average molecular weight is 421 g/mol. The maximum atomic E-state index is 12.3. The molecule has 0 aromatic heterocycles. The molecule has 8 nitrogen and oxygen atoms in total. The number of nitro groups is 1. The Morgan fingerprint density at radius 1 is 1.06 bits per heavy atom. The van der Waals surface area contributed by atoms with Crippen molar-refractivity contribution in [3.05, 3.63) is 88.0 Å². The molecule has 0 spiro atoms. The van der Waals surface area contributed by atoms with Crippen LogP contribution in [0.2, 0.25) is 0 Å². The van der Waals surface area contributed by atoms with Crippen molar-refractivity contribution in [1.82, 2.24) is 0 Å². The lowest BCUT2D eigenvalue weighted by Crippen LogP contribution is -2.17. The summed E-state index contributed by atoms with van der Waals surface area (Å²) in [5.74, 6) is 0.397. The van der Waals surface area contributed by atoms with E-state index in [2.05, 4.69) is 0 Å². The van der Waals surface area contributed by atoms with E-state index in [9.17, 15) is 14.9 Å². The van der Waals surface area contributed by atoms with Crippen LogP contribution < -0.4 is 9.47 Å². The largest absolute Gasteiger partial charge is 0.481 e. The molecular formula is C23H19NO7. The number of benzene rings is 3. The number of esters is 1. The number of hydrogen-bond acceptors (Lipinski definition) is 7. The summed E-state index contributed by atoms with van der Waals surface area (Å²) in [6, 6.07) is 19.8. The smallest absolute Gasteiger partial charge is 0.344 e. The highest BCUT2D eigenvalue weighted by Gasteiger charge is 2.22. The molecule has 3 aromatic carbocycles. The zero-order valence-electron chi connectivity index (χ0n) is 16.5. The van der Waals surface area contributed by atoms with Gasteiger partial charge in [-0.05, 0) is 11.6 Å². The number of ether oxygens (including phenoxy) is 4. The lowest BCUT2D eigenvalue weighted by Gasteiger charge is -2.20. The average Bonchev–Trinajstić information content (AvgIpc) is 2.81. The minimum Gasteiger partial charge on any atom is -0.481 e. The molecule has 0 unspecified atom stereocenters. The van der Waals surface area contributed by atoms with Gasteiger partial charge in [-0.15, -0.1) is 0 Å². The number of hydrogen-bond donors (Lipinski definition) is 0. The zero-order valence-corrected chi connectivity index (χ0v) is 16.5. The van der Waals surface area contributed by atoms with E-state index in [0.717, 1.165) is 11.1 Å². The molecule has 0 N–H and O–H groups in total. The highest BCUT2D eigenvalue weighted by Crippen LogP contribution is 2.33. The molecule has 1 aliphatic rings. The minimum absolute atomic E-state index is 0.0329. The zero-order chi connectivity index (χ0) is 21.6. The number of carbonyl (C=O) groups is 1. The third-order valence-corrected chi connectivity index (χ3v) is 4.69. The van der Waals surface area contributed by atoms with Crippen molar-refractivity contribution in [2.24, 2.45) is 0 Å². The van der Waals surface area contributed by atoms with Crippen LogP contribution >= 0.6 is 0 Å². The second kappa shape index (κ2) is 9.27. The first-order chi connectivity index (χ1) is 15.1. The van der Waals surface area contributed by atoms with Crippen molar-refractivity contribution in [2.75, 3.05) is 13.4 Å². The van der Waals surface area contributed by atoms with E-state index in [1.54, 1.807) is 6.07 Å². The quantitative estimate of drug-likeness (QED) is 0.320. The first kappa shape index (κ1) is 20.4. The maximum Gasteiger partial charge on any atom is 0.344 e. The van der Waals surface area contributed by atoms with Gasteiger partial charge >= 0.3 is 5.97 Å². The summed E-state index contributed by atoms with van der Waals surface area (Å²) in [6.07, 6.45) is 0. The van der Waals surface area contributed by atoms with Gasteiger partial charge in [0.25, 0.3) is 5.69 Å². The van der Waals surface area contributed by atoms with Crippen LogP contribution in [0.25, 0.3) is 11.1 Å². The Hall–Kier alpha value is -3.91. The van der Waals surface area contributed by atoms with Crippen molar-refractivity contribution in [3.63, 3.8) is 0 Å². The number of fused-ring (bicyclic) bond motifs is 1. The number of para-hydroxylation sites is 1. The molecule has 0 fully saturated rings. The molecule has 8 heteroatoms. The van der Waals surface area contributed by atoms with Crippen molar-refractivity contribution in [3.8, 4) is 22.6 Å². The standard InChI is InChI=1S/C23H19NO7/c25-22(14-29-21-9-5-4-8-20(21)16-6-2-1-3-7-16)30-13-18-11-19(24(26)27)10-17-12-28-15-31-23(17)18/h1-11H,12-15H2. The van der Waals surface area contributed by atoms with Crippen LogP contribution in [0.3, 0.4) is 0 Å². The van der Waals surface area contributed by atoms with Gasteiger partial charge in [-0.25, -0.2) is 4.79 Å². The summed E-state index contributed by atoms with van der Waals surface area (Å²) in [5.41, 5.74) is 2.66. The summed E-state index contributed by atoms with van der Waals surface area (Å²) in [4.78, 5) is 22.9. The lowest BCUT2D eigenvalue weighted by molar-refractivity contribution is -0.385. The van der Waals surface area contributed by atoms with Gasteiger partial charge in [0.05, 0.1) is 11.5 Å². The van der Waals surface area contributed by atoms with Crippen LogP contribution in [0.15, 0.2) is 66.7 Å². The summed E-state index contributed by atoms with van der Waals surface area (Å²) in [5, 5.41) is 11.2. The molecule has 0 aliphatic carbocycles. The summed E-state index contributed by atoms with van der Waals surface area (Å²) >= 11 is 0. The normalized spacial score (nSPS) is 12.4. The fourth-order valence-corrected chi connectivity index (χ4v) is 3.28. The van der Waals surface area contributed by atoms with E-state index in [0.29, 0.717) is 22.6 Å². The van der Waals surface area contributed by atoms with Gasteiger partial charge in [-0.3, -0.25) is 10.1 Å². The summed E-state index contributed by atoms with van der Waals surface area (Å²) in [6.45, 7) is -0.250. The number of nitro benzene ring substituents is 1. The molecule has 0 bridgehead atoms. The number of rotatable bonds is 7. The van der Waals surface area contributed by atoms with Gasteiger partial charge in [-0.1, -0.05) is 48.5 Å². The van der Waals surface area contributed by atoms with Crippen LogP contribution in [-0.4, -0.2) is 24.3 Å². The van der Waals surface area contributed by atoms with Gasteiger partial charge in [-0.2, -0.15) is 0 Å². The molecule has 158 valence electrons. The molecule has 0 amide bonds. The van der Waals surface area contributed by atoms with Crippen LogP contribution in [0.1, 0.15) is 11.1 Å². The molecular weight excluding hydrogens is 402 g/mol. The predicted octanol–water partition coefficient (Wildman–Crippen LogP) is 4.25. The molecule has 1 heterocycles. The van der Waals surface area contributed by atoms with E-state index < -0.39 is 10.9 Å². The van der Waals surface area contributed by atoms with Crippen LogP contribution in [0.4, 0.5) is 5.69 Å². The van der Waals surface area contributed by atoms with E-state index in [1.165, 1.54) is 12.1 Å². The van der Waals surface area contributed by atoms with Gasteiger partial charge < -0.3 is 18.9 Å². The highest BCUT2D eigenvalue weighted by atomic mass is 16.7. The number of non-ortho nitro benzene ring substituents is 1. The Bertz CT molecular complexity index is 1100. The van der Waals surface area contributed by atoms with Gasteiger partial charge in [0.1, 0.15) is 18.1 Å². The van der Waals surface area contributed by atoms with E-state index in [4.69, 9.17) is 18.9 Å². The van der Waals surface area contributed by atoms with Crippen LogP contribution in [-0.2, 0) is 27.5 Å². The Balaban J connectivity index is 1.42. The maximum absolute atomic E-state index is 12.3. The summed E-state index contributed by atoms with van der Waals surface area (Å²) in [7, 11) is 0. The predicted molar refractivity (Wildman–Crippen MR) is 111 cm³/mol. The van der Waals surface area contributed by atoms with Crippen molar-refractivity contribution < 1.29 is 28.7 Å². The second-order valence-corrected chi connectivity index (χ2v) is 6.77. The van der Waals surface area contributed by atoms with Gasteiger partial charge in [0.2, 0.25) is 0 Å². The Morgan fingerprint density at radius 3 is 2.65 bits per heavy atom. The SMILES string of the molecule is O=C(COc1ccccc1-c1ccccc1)OCc1cc([N+](=O)[O-])cc2c1OCOC2. The van der Waals surface area contributed by atoms with Crippen molar-refractivity contribution in [2.45, 2.75) is 13.2 Å². The fraction of sp³-hybridized carbons (Fsp3) is 0.174. The monoisotopic (exact) mass is 421 g/mol. The topological polar surface area (TPSA) is 97.1 Å². The fourth-order valence-electron chi connectivity index (χ4n) is 3.28. The van der Waals surface area contributed by atoms with Gasteiger partial charge in [0, 0.05) is 28.8 Å². The Morgan fingerprint density at radius 2 is 1.84 bits per heavy atom. The van der Waals surface area contributed by atoms with Crippen LogP contribution in [0, 0.1) is 10.1 Å². The second-order valence-electron chi connectivity index (χ2n) is 6.77. The Labute approximate surface area is 178 Å². The highest BCUT2D eigenvalue weighted by molar-refractivity contribution is 5.73. The summed E-state index contributed by atoms with van der Waals surface area (Å²) < 4.78 is 21.6. The molecule has 1 aliphatic heterocycles. The third-order valence-electron chi connectivity index (χ3n) is 4.69. The third kappa shape index (κ3) is 4.81. The first-order valence-electron chi connectivity index (χ1n) is 9.55. The molecule has 0 saturated carbocycles. The van der Waals surface area contributed by atoms with E-state index >= 15 is 0 Å². The molecule has 0 saturated heterocycles. The van der Waals surface area contributed by atoms with Gasteiger partial charge in [0.15, 0.2) is 13.4 Å². The van der Waals surface area contributed by atoms with Crippen LogP contribution in [0.5, 0.6) is 11.5 Å². The van der Waals surface area contributed by atoms with Crippen molar-refractivity contribution >= 4 is 11.7 Å². The molecule has 31 heavy (non-hydrogen) atoms. The lowest BCUT2D eigenvalue weighted by atomic mass is 10.1. The van der Waals surface area contributed by atoms with E-state index in [-0.39, 0.29) is 32.3 Å². The minimum atomic E-state index is -0.602. The number of carbonyl (C=O) groups excluding carboxylic acids is 1. The molecule has 4 rings (SSSR count). The number of nitrogens with zero attached hydrogens (tertiary/aromatic N) is 1.